The van der Waals surface area contributed by atoms with Crippen molar-refractivity contribution in [2.75, 3.05) is 26.8 Å². The molecule has 2 heterocycles. The Hall–Kier alpha value is -1.43. The molecule has 5 heteroatoms. The summed E-state index contributed by atoms with van der Waals surface area (Å²) in [4.78, 5) is 21.4. The number of esters is 1. The minimum atomic E-state index is -0.151. The molecular weight excluding hydrogens is 364 g/mol. The van der Waals surface area contributed by atoms with Crippen LogP contribution in [0.1, 0.15) is 65.5 Å². The molecule has 2 fully saturated rings. The van der Waals surface area contributed by atoms with Gasteiger partial charge in [-0.1, -0.05) is 30.3 Å². The van der Waals surface area contributed by atoms with Crippen LogP contribution in [0.15, 0.2) is 30.3 Å². The van der Waals surface area contributed by atoms with Gasteiger partial charge in [0.25, 0.3) is 0 Å². The first-order chi connectivity index (χ1) is 13.7. The number of carbonyl (C=O) groups is 1. The summed E-state index contributed by atoms with van der Waals surface area (Å²) in [5.74, 6) is -0.150. The van der Waals surface area contributed by atoms with Crippen molar-refractivity contribution in [3.8, 4) is 0 Å². The largest absolute Gasteiger partial charge is 0.469 e. The van der Waals surface area contributed by atoms with Crippen LogP contribution in [0.25, 0.3) is 0 Å². The zero-order valence-corrected chi connectivity index (χ0v) is 19.0. The highest BCUT2D eigenvalue weighted by Crippen LogP contribution is 2.39. The molecule has 29 heavy (non-hydrogen) atoms. The third kappa shape index (κ3) is 4.84. The van der Waals surface area contributed by atoms with Gasteiger partial charge in [0.1, 0.15) is 0 Å². The van der Waals surface area contributed by atoms with Crippen LogP contribution in [0.2, 0.25) is 0 Å². The number of nitrogens with zero attached hydrogens (tertiary/aromatic N) is 2. The number of piperidine rings is 1. The average molecular weight is 403 g/mol. The van der Waals surface area contributed by atoms with Gasteiger partial charge >= 0.3 is 5.97 Å². The van der Waals surface area contributed by atoms with Crippen molar-refractivity contribution >= 4 is 5.97 Å². The maximum atomic E-state index is 12.5. The summed E-state index contributed by atoms with van der Waals surface area (Å²) in [6.45, 7) is 13.3. The first kappa shape index (κ1) is 22.3. The minimum absolute atomic E-state index is 0.00185. The summed E-state index contributed by atoms with van der Waals surface area (Å²) >= 11 is 0. The van der Waals surface area contributed by atoms with E-state index < -0.39 is 0 Å². The third-order valence-electron chi connectivity index (χ3n) is 6.90. The van der Waals surface area contributed by atoms with Gasteiger partial charge in [0.2, 0.25) is 0 Å². The van der Waals surface area contributed by atoms with Crippen molar-refractivity contribution in [1.82, 2.24) is 9.96 Å². The lowest BCUT2D eigenvalue weighted by Gasteiger charge is -2.51. The summed E-state index contributed by atoms with van der Waals surface area (Å²) in [6, 6.07) is 10.7. The molecule has 3 rings (SSSR count). The van der Waals surface area contributed by atoms with Gasteiger partial charge in [-0.05, 0) is 59.4 Å². The molecule has 0 aliphatic carbocycles. The van der Waals surface area contributed by atoms with E-state index in [1.807, 2.05) is 6.07 Å². The highest BCUT2D eigenvalue weighted by atomic mass is 16.7. The predicted octanol–water partition coefficient (Wildman–Crippen LogP) is 4.44. The standard InChI is InChI=1S/C24H38N2O3/c1-18(19-11-8-7-9-12-19)25-15-20(21(16-25)22(27)28-6)17-29-26-23(2,3)13-10-14-24(26,4)5/h7-9,11-12,18,20-21H,10,13-17H2,1-6H3/t18-,20+,21-/m1/s1. The number of methoxy groups -OCH3 is 1. The minimum Gasteiger partial charge on any atom is -0.469 e. The molecule has 0 unspecified atom stereocenters. The monoisotopic (exact) mass is 402 g/mol. The van der Waals surface area contributed by atoms with Gasteiger partial charge in [0.05, 0.1) is 19.6 Å². The fourth-order valence-electron chi connectivity index (χ4n) is 5.25. The number of likely N-dealkylation sites (tertiary alicyclic amines) is 1. The van der Waals surface area contributed by atoms with Gasteiger partial charge in [-0.3, -0.25) is 14.5 Å². The van der Waals surface area contributed by atoms with E-state index in [1.165, 1.54) is 19.1 Å². The lowest BCUT2D eigenvalue weighted by molar-refractivity contribution is -0.286. The zero-order valence-electron chi connectivity index (χ0n) is 19.0. The zero-order chi connectivity index (χ0) is 21.2. The Balaban J connectivity index is 1.71. The first-order valence-corrected chi connectivity index (χ1v) is 11.0. The topological polar surface area (TPSA) is 42.0 Å². The molecule has 2 aliphatic rings. The Morgan fingerprint density at radius 1 is 1.10 bits per heavy atom. The van der Waals surface area contributed by atoms with E-state index in [0.29, 0.717) is 13.2 Å². The average Bonchev–Trinajstić information content (AvgIpc) is 3.10. The molecule has 1 aromatic rings. The molecule has 5 nitrogen and oxygen atoms in total. The summed E-state index contributed by atoms with van der Waals surface area (Å²) < 4.78 is 5.14. The summed E-state index contributed by atoms with van der Waals surface area (Å²) in [7, 11) is 1.49. The van der Waals surface area contributed by atoms with Gasteiger partial charge in [-0.25, -0.2) is 0 Å². The van der Waals surface area contributed by atoms with Crippen LogP contribution in [0.5, 0.6) is 0 Å². The molecule has 2 saturated heterocycles. The Kier molecular flexibility index (Phi) is 6.71. The number of ether oxygens (including phenoxy) is 1. The molecule has 0 amide bonds. The van der Waals surface area contributed by atoms with E-state index in [-0.39, 0.29) is 34.9 Å². The second-order valence-electron chi connectivity index (χ2n) is 10.00. The number of rotatable bonds is 6. The normalized spacial score (nSPS) is 28.2. The molecule has 0 aromatic heterocycles. The van der Waals surface area contributed by atoms with Crippen molar-refractivity contribution in [3.63, 3.8) is 0 Å². The Morgan fingerprint density at radius 2 is 1.72 bits per heavy atom. The van der Waals surface area contributed by atoms with E-state index >= 15 is 0 Å². The van der Waals surface area contributed by atoms with Gasteiger partial charge < -0.3 is 4.74 Å². The van der Waals surface area contributed by atoms with Crippen LogP contribution in [0.4, 0.5) is 0 Å². The van der Waals surface area contributed by atoms with Crippen LogP contribution in [-0.2, 0) is 14.4 Å². The molecular formula is C24H38N2O3. The van der Waals surface area contributed by atoms with Crippen LogP contribution in [0, 0.1) is 11.8 Å². The predicted molar refractivity (Wildman–Crippen MR) is 115 cm³/mol. The fraction of sp³-hybridized carbons (Fsp3) is 0.708. The molecule has 0 bridgehead atoms. The van der Waals surface area contributed by atoms with E-state index in [1.54, 1.807) is 0 Å². The Labute approximate surface area is 176 Å². The molecule has 0 N–H and O–H groups in total. The maximum absolute atomic E-state index is 12.5. The van der Waals surface area contributed by atoms with E-state index in [2.05, 4.69) is 68.8 Å². The van der Waals surface area contributed by atoms with Crippen molar-refractivity contribution in [2.24, 2.45) is 11.8 Å². The van der Waals surface area contributed by atoms with Gasteiger partial charge in [-0.2, -0.15) is 5.06 Å². The van der Waals surface area contributed by atoms with Crippen LogP contribution >= 0.6 is 0 Å². The van der Waals surface area contributed by atoms with Crippen LogP contribution in [0.3, 0.4) is 0 Å². The first-order valence-electron chi connectivity index (χ1n) is 11.0. The molecule has 3 atom stereocenters. The number of hydrogen-bond donors (Lipinski definition) is 0. The summed E-state index contributed by atoms with van der Waals surface area (Å²) in [6.07, 6.45) is 3.47. The lowest BCUT2D eigenvalue weighted by Crippen LogP contribution is -2.58. The second kappa shape index (κ2) is 8.75. The van der Waals surface area contributed by atoms with Crippen molar-refractivity contribution in [2.45, 2.75) is 71.0 Å². The molecule has 0 spiro atoms. The highest BCUT2D eigenvalue weighted by Gasteiger charge is 2.45. The lowest BCUT2D eigenvalue weighted by atomic mass is 9.82. The van der Waals surface area contributed by atoms with Gasteiger partial charge in [0.15, 0.2) is 0 Å². The van der Waals surface area contributed by atoms with Crippen molar-refractivity contribution < 1.29 is 14.4 Å². The maximum Gasteiger partial charge on any atom is 0.310 e. The molecule has 2 aliphatic heterocycles. The smallest absolute Gasteiger partial charge is 0.310 e. The summed E-state index contributed by atoms with van der Waals surface area (Å²) in [5, 5.41) is 2.20. The van der Waals surface area contributed by atoms with Crippen molar-refractivity contribution in [1.29, 1.82) is 0 Å². The Bertz CT molecular complexity index is 673. The second-order valence-corrected chi connectivity index (χ2v) is 10.00. The number of benzene rings is 1. The molecule has 0 saturated carbocycles. The van der Waals surface area contributed by atoms with Crippen molar-refractivity contribution in [3.05, 3.63) is 35.9 Å². The number of hydrogen-bond acceptors (Lipinski definition) is 5. The van der Waals surface area contributed by atoms with Crippen LogP contribution < -0.4 is 0 Å². The van der Waals surface area contributed by atoms with E-state index in [9.17, 15) is 4.79 Å². The van der Waals surface area contributed by atoms with E-state index in [4.69, 9.17) is 9.57 Å². The molecule has 1 aromatic carbocycles. The molecule has 0 radical (unpaired) electrons. The molecule has 162 valence electrons. The number of carbonyl (C=O) groups excluding carboxylic acids is 1. The van der Waals surface area contributed by atoms with Gasteiger partial charge in [0, 0.05) is 36.1 Å². The summed E-state index contributed by atoms with van der Waals surface area (Å²) in [5.41, 5.74) is 1.27. The van der Waals surface area contributed by atoms with Crippen LogP contribution in [-0.4, -0.2) is 53.8 Å². The third-order valence-corrected chi connectivity index (χ3v) is 6.90. The SMILES string of the molecule is COC(=O)[C@@H]1CN([C@H](C)c2ccccc2)C[C@H]1CON1C(C)(C)CCCC1(C)C. The highest BCUT2D eigenvalue weighted by molar-refractivity contribution is 5.73. The van der Waals surface area contributed by atoms with Gasteiger partial charge in [-0.15, -0.1) is 0 Å². The Morgan fingerprint density at radius 3 is 2.31 bits per heavy atom. The number of hydroxylamine groups is 2. The van der Waals surface area contributed by atoms with E-state index in [0.717, 1.165) is 19.4 Å². The quantitative estimate of drug-likeness (QED) is 0.658. The fourth-order valence-corrected chi connectivity index (χ4v) is 5.25.